The molecule has 0 bridgehead atoms. The van der Waals surface area contributed by atoms with E-state index in [4.69, 9.17) is 0 Å². The first kappa shape index (κ1) is 12.3. The summed E-state index contributed by atoms with van der Waals surface area (Å²) < 4.78 is 0. The highest BCUT2D eigenvalue weighted by molar-refractivity contribution is 5.86. The number of carbonyl (C=O) groups is 1. The van der Waals surface area contributed by atoms with Crippen LogP contribution >= 0.6 is 0 Å². The van der Waals surface area contributed by atoms with Crippen LogP contribution in [0.2, 0.25) is 0 Å². The maximum absolute atomic E-state index is 12.2. The van der Waals surface area contributed by atoms with Gasteiger partial charge in [0.05, 0.1) is 11.5 Å². The number of carbonyl (C=O) groups excluding carboxylic acids is 1. The van der Waals surface area contributed by atoms with Gasteiger partial charge in [0.2, 0.25) is 0 Å². The Balaban J connectivity index is 2.31. The first-order chi connectivity index (χ1) is 8.20. The monoisotopic (exact) mass is 232 g/mol. The molecule has 1 N–H and O–H groups in total. The molecule has 1 saturated carbocycles. The third kappa shape index (κ3) is 2.14. The lowest BCUT2D eigenvalue weighted by Gasteiger charge is -2.39. The van der Waals surface area contributed by atoms with E-state index in [1.54, 1.807) is 0 Å². The SMILES string of the molecule is CC[C@@]1([C@H](O)c2ccccc2)CCCCC1=O. The van der Waals surface area contributed by atoms with E-state index < -0.39 is 11.5 Å². The highest BCUT2D eigenvalue weighted by atomic mass is 16.3. The summed E-state index contributed by atoms with van der Waals surface area (Å²) in [5, 5.41) is 10.5. The third-order valence-corrected chi connectivity index (χ3v) is 4.10. The van der Waals surface area contributed by atoms with Crippen LogP contribution in [0.5, 0.6) is 0 Å². The molecule has 2 heteroatoms. The van der Waals surface area contributed by atoms with Crippen molar-refractivity contribution in [3.8, 4) is 0 Å². The van der Waals surface area contributed by atoms with Gasteiger partial charge in [0.25, 0.3) is 0 Å². The van der Waals surface area contributed by atoms with E-state index in [0.717, 1.165) is 31.2 Å². The largest absolute Gasteiger partial charge is 0.387 e. The molecule has 17 heavy (non-hydrogen) atoms. The van der Waals surface area contributed by atoms with Crippen LogP contribution in [0, 0.1) is 5.41 Å². The van der Waals surface area contributed by atoms with E-state index in [2.05, 4.69) is 0 Å². The predicted octanol–water partition coefficient (Wildman–Crippen LogP) is 3.26. The number of hydrogen-bond donors (Lipinski definition) is 1. The summed E-state index contributed by atoms with van der Waals surface area (Å²) in [6.45, 7) is 2.01. The summed E-state index contributed by atoms with van der Waals surface area (Å²) in [5.74, 6) is 0.239. The summed E-state index contributed by atoms with van der Waals surface area (Å²) in [6.07, 6.45) is 3.53. The average Bonchev–Trinajstić information content (AvgIpc) is 2.40. The Bertz CT molecular complexity index is 385. The number of aliphatic hydroxyl groups is 1. The van der Waals surface area contributed by atoms with Crippen molar-refractivity contribution >= 4 is 5.78 Å². The van der Waals surface area contributed by atoms with Crippen LogP contribution in [0.25, 0.3) is 0 Å². The molecule has 1 aromatic rings. The van der Waals surface area contributed by atoms with Crippen LogP contribution in [-0.4, -0.2) is 10.9 Å². The smallest absolute Gasteiger partial charge is 0.141 e. The average molecular weight is 232 g/mol. The van der Waals surface area contributed by atoms with Crippen LogP contribution in [0.15, 0.2) is 30.3 Å². The summed E-state index contributed by atoms with van der Waals surface area (Å²) in [4.78, 5) is 12.2. The van der Waals surface area contributed by atoms with Crippen molar-refractivity contribution in [2.24, 2.45) is 5.41 Å². The van der Waals surface area contributed by atoms with E-state index in [9.17, 15) is 9.90 Å². The minimum atomic E-state index is -0.651. The molecule has 2 atom stereocenters. The molecule has 0 radical (unpaired) electrons. The molecule has 0 saturated heterocycles. The molecule has 1 aliphatic carbocycles. The van der Waals surface area contributed by atoms with E-state index in [0.29, 0.717) is 6.42 Å². The standard InChI is InChI=1S/C15H20O2/c1-2-15(11-7-6-10-13(15)16)14(17)12-8-4-3-5-9-12/h3-5,8-9,14,17H,2,6-7,10-11H2,1H3/t14-,15-/m1/s1. The van der Waals surface area contributed by atoms with Gasteiger partial charge in [0.1, 0.15) is 5.78 Å². The zero-order valence-corrected chi connectivity index (χ0v) is 10.4. The van der Waals surface area contributed by atoms with Gasteiger partial charge < -0.3 is 5.11 Å². The zero-order valence-electron chi connectivity index (χ0n) is 10.4. The van der Waals surface area contributed by atoms with Crippen molar-refractivity contribution in [2.75, 3.05) is 0 Å². The fraction of sp³-hybridized carbons (Fsp3) is 0.533. The lowest BCUT2D eigenvalue weighted by molar-refractivity contribution is -0.140. The quantitative estimate of drug-likeness (QED) is 0.868. The molecule has 1 aliphatic rings. The second kappa shape index (κ2) is 5.01. The number of rotatable bonds is 3. The zero-order chi connectivity index (χ0) is 12.3. The van der Waals surface area contributed by atoms with E-state index in [1.165, 1.54) is 0 Å². The molecule has 0 heterocycles. The molecule has 0 amide bonds. The van der Waals surface area contributed by atoms with Crippen molar-refractivity contribution in [3.05, 3.63) is 35.9 Å². The van der Waals surface area contributed by atoms with Crippen LogP contribution in [0.1, 0.15) is 50.7 Å². The Kier molecular flexibility index (Phi) is 3.63. The molecular weight excluding hydrogens is 212 g/mol. The van der Waals surface area contributed by atoms with Crippen molar-refractivity contribution in [1.82, 2.24) is 0 Å². The van der Waals surface area contributed by atoms with Gasteiger partial charge in [-0.15, -0.1) is 0 Å². The van der Waals surface area contributed by atoms with Crippen LogP contribution in [0.3, 0.4) is 0 Å². The van der Waals surface area contributed by atoms with Crippen molar-refractivity contribution in [3.63, 3.8) is 0 Å². The molecule has 0 spiro atoms. The second-order valence-corrected chi connectivity index (χ2v) is 4.95. The number of benzene rings is 1. The van der Waals surface area contributed by atoms with Crippen molar-refractivity contribution in [2.45, 2.75) is 45.1 Å². The van der Waals surface area contributed by atoms with Gasteiger partial charge in [0, 0.05) is 6.42 Å². The first-order valence-electron chi connectivity index (χ1n) is 6.47. The Morgan fingerprint density at radius 3 is 2.59 bits per heavy atom. The summed E-state index contributed by atoms with van der Waals surface area (Å²) >= 11 is 0. The Morgan fingerprint density at radius 2 is 2.00 bits per heavy atom. The Hall–Kier alpha value is -1.15. The normalized spacial score (nSPS) is 26.8. The molecule has 92 valence electrons. The number of hydrogen-bond acceptors (Lipinski definition) is 2. The minimum absolute atomic E-state index is 0.239. The highest BCUT2D eigenvalue weighted by Gasteiger charge is 2.44. The molecular formula is C15H20O2. The molecule has 0 aromatic heterocycles. The number of aliphatic hydroxyl groups excluding tert-OH is 1. The van der Waals surface area contributed by atoms with Crippen LogP contribution in [-0.2, 0) is 4.79 Å². The van der Waals surface area contributed by atoms with Crippen molar-refractivity contribution in [1.29, 1.82) is 0 Å². The maximum atomic E-state index is 12.2. The van der Waals surface area contributed by atoms with Gasteiger partial charge in [-0.1, -0.05) is 43.7 Å². The Morgan fingerprint density at radius 1 is 1.29 bits per heavy atom. The van der Waals surface area contributed by atoms with Gasteiger partial charge in [-0.25, -0.2) is 0 Å². The second-order valence-electron chi connectivity index (χ2n) is 4.95. The molecule has 0 unspecified atom stereocenters. The first-order valence-corrected chi connectivity index (χ1v) is 6.47. The van der Waals surface area contributed by atoms with E-state index in [1.807, 2.05) is 37.3 Å². The molecule has 2 rings (SSSR count). The lowest BCUT2D eigenvalue weighted by atomic mass is 9.66. The van der Waals surface area contributed by atoms with Gasteiger partial charge in [-0.05, 0) is 24.8 Å². The van der Waals surface area contributed by atoms with Gasteiger partial charge in [-0.3, -0.25) is 4.79 Å². The fourth-order valence-corrected chi connectivity index (χ4v) is 2.93. The maximum Gasteiger partial charge on any atom is 0.141 e. The molecule has 1 fully saturated rings. The summed E-state index contributed by atoms with van der Waals surface area (Å²) in [7, 11) is 0. The Labute approximate surface area is 103 Å². The van der Waals surface area contributed by atoms with Crippen LogP contribution < -0.4 is 0 Å². The minimum Gasteiger partial charge on any atom is -0.387 e. The fourth-order valence-electron chi connectivity index (χ4n) is 2.93. The molecule has 0 aliphatic heterocycles. The van der Waals surface area contributed by atoms with Gasteiger partial charge in [0.15, 0.2) is 0 Å². The topological polar surface area (TPSA) is 37.3 Å². The van der Waals surface area contributed by atoms with Gasteiger partial charge in [-0.2, -0.15) is 0 Å². The highest BCUT2D eigenvalue weighted by Crippen LogP contribution is 2.46. The lowest BCUT2D eigenvalue weighted by Crippen LogP contribution is -2.39. The van der Waals surface area contributed by atoms with E-state index >= 15 is 0 Å². The summed E-state index contributed by atoms with van der Waals surface area (Å²) in [5.41, 5.74) is 0.323. The number of Topliss-reactive ketones (excluding diaryl/α,β-unsaturated/α-hetero) is 1. The molecule has 2 nitrogen and oxygen atoms in total. The third-order valence-electron chi connectivity index (χ3n) is 4.10. The van der Waals surface area contributed by atoms with Gasteiger partial charge >= 0.3 is 0 Å². The van der Waals surface area contributed by atoms with Crippen LogP contribution in [0.4, 0.5) is 0 Å². The summed E-state index contributed by atoms with van der Waals surface area (Å²) in [6, 6.07) is 9.57. The molecule has 1 aromatic carbocycles. The predicted molar refractivity (Wildman–Crippen MR) is 67.6 cm³/mol. The number of ketones is 1. The van der Waals surface area contributed by atoms with E-state index in [-0.39, 0.29) is 5.78 Å². The van der Waals surface area contributed by atoms with Crippen molar-refractivity contribution < 1.29 is 9.90 Å².